The highest BCUT2D eigenvalue weighted by Gasteiger charge is 2.47. The number of carbonyl (C=O) groups is 1. The van der Waals surface area contributed by atoms with E-state index in [9.17, 15) is 13.2 Å². The third kappa shape index (κ3) is 3.85. The van der Waals surface area contributed by atoms with Gasteiger partial charge >= 0.3 is 0 Å². The van der Waals surface area contributed by atoms with Crippen LogP contribution in [-0.2, 0) is 20.0 Å². The van der Waals surface area contributed by atoms with E-state index in [4.69, 9.17) is 0 Å². The van der Waals surface area contributed by atoms with E-state index in [0.717, 1.165) is 44.1 Å². The largest absolute Gasteiger partial charge is 0.338 e. The smallest absolute Gasteiger partial charge is 0.233 e. The second-order valence-corrected chi connectivity index (χ2v) is 10.6. The van der Waals surface area contributed by atoms with Gasteiger partial charge in [-0.15, -0.1) is 0 Å². The Labute approximate surface area is 173 Å². The summed E-state index contributed by atoms with van der Waals surface area (Å²) in [5, 5.41) is 0. The summed E-state index contributed by atoms with van der Waals surface area (Å²) in [5.41, 5.74) is 1.77. The molecule has 5 heteroatoms. The summed E-state index contributed by atoms with van der Waals surface area (Å²) in [6, 6.07) is 16.7. The van der Waals surface area contributed by atoms with Crippen LogP contribution in [0.1, 0.15) is 49.7 Å². The minimum atomic E-state index is -3.42. The summed E-state index contributed by atoms with van der Waals surface area (Å²) < 4.78 is 25.9. The van der Waals surface area contributed by atoms with Gasteiger partial charge in [0.05, 0.1) is 16.1 Å². The molecule has 1 atom stereocenters. The first-order valence-corrected chi connectivity index (χ1v) is 12.2. The van der Waals surface area contributed by atoms with E-state index >= 15 is 0 Å². The first-order valence-electron chi connectivity index (χ1n) is 10.6. The molecule has 0 N–H and O–H groups in total. The number of aryl methyl sites for hydroxylation is 1. The van der Waals surface area contributed by atoms with Crippen LogP contribution in [0.3, 0.4) is 0 Å². The molecule has 2 aromatic carbocycles. The zero-order valence-corrected chi connectivity index (χ0v) is 17.8. The third-order valence-corrected chi connectivity index (χ3v) is 8.44. The first kappa shape index (κ1) is 20.1. The lowest BCUT2D eigenvalue weighted by Crippen LogP contribution is -2.49. The maximum atomic E-state index is 13.8. The van der Waals surface area contributed by atoms with Gasteiger partial charge in [-0.05, 0) is 50.3 Å². The number of rotatable bonds is 5. The normalized spacial score (nSPS) is 21.4. The number of amides is 1. The SMILES string of the molecule is Cc1ccc(C2(C(=O)N3CCCC3CS(=O)(=O)c3ccccc3)CCCC2)cc1. The second kappa shape index (κ2) is 7.94. The molecule has 0 radical (unpaired) electrons. The van der Waals surface area contributed by atoms with Crippen LogP contribution in [0, 0.1) is 6.92 Å². The molecule has 154 valence electrons. The molecular formula is C24H29NO3S. The van der Waals surface area contributed by atoms with Crippen molar-refractivity contribution in [1.29, 1.82) is 0 Å². The fourth-order valence-corrected chi connectivity index (χ4v) is 6.62. The maximum absolute atomic E-state index is 13.8. The van der Waals surface area contributed by atoms with Crippen LogP contribution >= 0.6 is 0 Å². The van der Waals surface area contributed by atoms with Crippen LogP contribution < -0.4 is 0 Å². The van der Waals surface area contributed by atoms with Crippen molar-refractivity contribution >= 4 is 15.7 Å². The molecule has 1 unspecified atom stereocenters. The van der Waals surface area contributed by atoms with Crippen LogP contribution in [0.15, 0.2) is 59.5 Å². The Kier molecular flexibility index (Phi) is 5.52. The highest BCUT2D eigenvalue weighted by Crippen LogP contribution is 2.44. The standard InChI is InChI=1S/C24H29NO3S/c1-19-11-13-20(14-12-19)24(15-5-6-16-24)23(26)25-17-7-8-21(25)18-29(27,28)22-9-3-2-4-10-22/h2-4,9-14,21H,5-8,15-18H2,1H3. The maximum Gasteiger partial charge on any atom is 0.233 e. The van der Waals surface area contributed by atoms with Gasteiger partial charge in [0.25, 0.3) is 0 Å². The zero-order valence-electron chi connectivity index (χ0n) is 17.0. The Bertz CT molecular complexity index is 961. The second-order valence-electron chi connectivity index (χ2n) is 8.54. The van der Waals surface area contributed by atoms with Gasteiger partial charge in [-0.25, -0.2) is 8.42 Å². The van der Waals surface area contributed by atoms with E-state index in [2.05, 4.69) is 31.2 Å². The lowest BCUT2D eigenvalue weighted by molar-refractivity contribution is -0.137. The molecule has 0 bridgehead atoms. The average molecular weight is 412 g/mol. The molecule has 1 aliphatic carbocycles. The van der Waals surface area contributed by atoms with E-state index in [1.807, 2.05) is 11.0 Å². The van der Waals surface area contributed by atoms with Gasteiger partial charge in [0.1, 0.15) is 0 Å². The summed E-state index contributed by atoms with van der Waals surface area (Å²) in [5.74, 6) is 0.136. The van der Waals surface area contributed by atoms with Crippen molar-refractivity contribution in [2.75, 3.05) is 12.3 Å². The minimum Gasteiger partial charge on any atom is -0.338 e. The van der Waals surface area contributed by atoms with Crippen molar-refractivity contribution < 1.29 is 13.2 Å². The number of carbonyl (C=O) groups excluding carboxylic acids is 1. The number of nitrogens with zero attached hydrogens (tertiary/aromatic N) is 1. The number of likely N-dealkylation sites (tertiary alicyclic amines) is 1. The van der Waals surface area contributed by atoms with Gasteiger partial charge in [0.2, 0.25) is 5.91 Å². The van der Waals surface area contributed by atoms with Crippen molar-refractivity contribution in [2.45, 2.75) is 61.8 Å². The van der Waals surface area contributed by atoms with E-state index in [1.165, 1.54) is 5.56 Å². The van der Waals surface area contributed by atoms with Gasteiger partial charge in [0.15, 0.2) is 9.84 Å². The molecule has 0 spiro atoms. The number of sulfone groups is 1. The summed E-state index contributed by atoms with van der Waals surface area (Å²) >= 11 is 0. The lowest BCUT2D eigenvalue weighted by atomic mass is 9.77. The van der Waals surface area contributed by atoms with Gasteiger partial charge < -0.3 is 4.90 Å². The Morgan fingerprint density at radius 1 is 1.00 bits per heavy atom. The van der Waals surface area contributed by atoms with Gasteiger partial charge in [-0.1, -0.05) is 60.9 Å². The molecule has 4 rings (SSSR count). The van der Waals surface area contributed by atoms with E-state index in [0.29, 0.717) is 11.4 Å². The van der Waals surface area contributed by atoms with Crippen LogP contribution in [0.2, 0.25) is 0 Å². The molecule has 2 aliphatic rings. The van der Waals surface area contributed by atoms with Crippen molar-refractivity contribution in [3.63, 3.8) is 0 Å². The quantitative estimate of drug-likeness (QED) is 0.738. The zero-order chi connectivity index (χ0) is 20.5. The number of hydrogen-bond donors (Lipinski definition) is 0. The molecule has 1 aliphatic heterocycles. The van der Waals surface area contributed by atoms with E-state index in [1.54, 1.807) is 24.3 Å². The first-order chi connectivity index (χ1) is 13.9. The molecule has 2 aromatic rings. The van der Waals surface area contributed by atoms with Crippen LogP contribution in [0.5, 0.6) is 0 Å². The highest BCUT2D eigenvalue weighted by atomic mass is 32.2. The van der Waals surface area contributed by atoms with Crippen LogP contribution in [0.25, 0.3) is 0 Å². The topological polar surface area (TPSA) is 54.5 Å². The summed E-state index contributed by atoms with van der Waals surface area (Å²) in [6.45, 7) is 2.71. The Hall–Kier alpha value is -2.14. The molecule has 1 saturated heterocycles. The summed E-state index contributed by atoms with van der Waals surface area (Å²) in [7, 11) is -3.42. The Balaban J connectivity index is 1.60. The summed E-state index contributed by atoms with van der Waals surface area (Å²) in [6.07, 6.45) is 5.40. The fraction of sp³-hybridized carbons (Fsp3) is 0.458. The molecule has 2 fully saturated rings. The minimum absolute atomic E-state index is 0.00668. The summed E-state index contributed by atoms with van der Waals surface area (Å²) in [4.78, 5) is 16.0. The van der Waals surface area contributed by atoms with E-state index in [-0.39, 0.29) is 17.7 Å². The van der Waals surface area contributed by atoms with Crippen molar-refractivity contribution in [1.82, 2.24) is 4.90 Å². The van der Waals surface area contributed by atoms with E-state index < -0.39 is 15.3 Å². The van der Waals surface area contributed by atoms with Gasteiger partial charge in [-0.3, -0.25) is 4.79 Å². The fourth-order valence-electron chi connectivity index (χ4n) is 5.01. The lowest BCUT2D eigenvalue weighted by Gasteiger charge is -2.36. The van der Waals surface area contributed by atoms with Crippen molar-refractivity contribution in [3.8, 4) is 0 Å². The van der Waals surface area contributed by atoms with Crippen LogP contribution in [-0.4, -0.2) is 37.6 Å². The molecular weight excluding hydrogens is 382 g/mol. The van der Waals surface area contributed by atoms with Gasteiger partial charge in [-0.2, -0.15) is 0 Å². The molecule has 1 amide bonds. The highest BCUT2D eigenvalue weighted by molar-refractivity contribution is 7.91. The monoisotopic (exact) mass is 411 g/mol. The van der Waals surface area contributed by atoms with Crippen LogP contribution in [0.4, 0.5) is 0 Å². The predicted octanol–water partition coefficient (Wildman–Crippen LogP) is 4.27. The third-order valence-electron chi connectivity index (χ3n) is 6.62. The average Bonchev–Trinajstić information content (AvgIpc) is 3.39. The molecule has 0 aromatic heterocycles. The molecule has 1 heterocycles. The Morgan fingerprint density at radius 3 is 2.31 bits per heavy atom. The number of benzene rings is 2. The molecule has 29 heavy (non-hydrogen) atoms. The number of hydrogen-bond acceptors (Lipinski definition) is 3. The Morgan fingerprint density at radius 2 is 1.66 bits per heavy atom. The predicted molar refractivity (Wildman–Crippen MR) is 115 cm³/mol. The van der Waals surface area contributed by atoms with Crippen molar-refractivity contribution in [2.24, 2.45) is 0 Å². The molecule has 4 nitrogen and oxygen atoms in total. The van der Waals surface area contributed by atoms with Crippen molar-refractivity contribution in [3.05, 3.63) is 65.7 Å². The molecule has 1 saturated carbocycles. The van der Waals surface area contributed by atoms with Gasteiger partial charge in [0, 0.05) is 12.6 Å².